The lowest BCUT2D eigenvalue weighted by Gasteiger charge is -2.40. The molecule has 1 heterocycles. The number of benzene rings is 1. The van der Waals surface area contributed by atoms with Crippen molar-refractivity contribution in [2.45, 2.75) is 51.2 Å². The molecule has 3 rings (SSSR count). The van der Waals surface area contributed by atoms with Crippen LogP contribution in [0, 0.1) is 17.2 Å². The normalized spacial score (nSPS) is 26.9. The zero-order chi connectivity index (χ0) is 14.1. The highest BCUT2D eigenvalue weighted by atomic mass is 16.3. The van der Waals surface area contributed by atoms with E-state index in [1.54, 1.807) is 6.92 Å². The molecular weight excluding hydrogens is 248 g/mol. The molecule has 1 saturated heterocycles. The summed E-state index contributed by atoms with van der Waals surface area (Å²) in [6.07, 6.45) is 5.97. The second-order valence-corrected chi connectivity index (χ2v) is 6.16. The van der Waals surface area contributed by atoms with Gasteiger partial charge in [-0.15, -0.1) is 0 Å². The number of aliphatic hydroxyl groups is 1. The summed E-state index contributed by atoms with van der Waals surface area (Å²) in [4.78, 5) is 2.46. The van der Waals surface area contributed by atoms with E-state index in [9.17, 15) is 5.11 Å². The zero-order valence-electron chi connectivity index (χ0n) is 12.0. The summed E-state index contributed by atoms with van der Waals surface area (Å²) in [7, 11) is 0. The van der Waals surface area contributed by atoms with E-state index in [0.717, 1.165) is 23.7 Å². The molecule has 1 aromatic carbocycles. The molecule has 0 aromatic heterocycles. The number of piperidine rings is 1. The van der Waals surface area contributed by atoms with Crippen molar-refractivity contribution >= 4 is 5.69 Å². The van der Waals surface area contributed by atoms with Gasteiger partial charge in [-0.3, -0.25) is 0 Å². The van der Waals surface area contributed by atoms with Gasteiger partial charge in [0, 0.05) is 23.8 Å². The number of hydrogen-bond acceptors (Lipinski definition) is 3. The first-order chi connectivity index (χ1) is 9.70. The molecule has 3 nitrogen and oxygen atoms in total. The Morgan fingerprint density at radius 2 is 2.10 bits per heavy atom. The molecule has 3 atom stereocenters. The van der Waals surface area contributed by atoms with Crippen molar-refractivity contribution in [1.82, 2.24) is 0 Å². The standard InChI is InChI=1S/C17H22N2O/c1-12(20)15-8-7-13(11-18)10-17(15)19-9-3-5-14-4-2-6-16(14)19/h7-8,10,12,14,16,20H,2-6,9H2,1H3. The molecule has 106 valence electrons. The number of rotatable bonds is 2. The predicted octanol–water partition coefficient (Wildman–Crippen LogP) is 3.38. The smallest absolute Gasteiger partial charge is 0.0992 e. The second-order valence-electron chi connectivity index (χ2n) is 6.16. The van der Waals surface area contributed by atoms with Crippen LogP contribution in [0.2, 0.25) is 0 Å². The summed E-state index contributed by atoms with van der Waals surface area (Å²) in [5.74, 6) is 0.802. The lowest BCUT2D eigenvalue weighted by molar-refractivity contribution is 0.199. The van der Waals surface area contributed by atoms with E-state index in [1.807, 2.05) is 18.2 Å². The average Bonchev–Trinajstić information content (AvgIpc) is 2.94. The summed E-state index contributed by atoms with van der Waals surface area (Å²) in [6.45, 7) is 2.86. The van der Waals surface area contributed by atoms with E-state index >= 15 is 0 Å². The van der Waals surface area contributed by atoms with Gasteiger partial charge < -0.3 is 10.0 Å². The lowest BCUT2D eigenvalue weighted by Crippen LogP contribution is -2.43. The summed E-state index contributed by atoms with van der Waals surface area (Å²) >= 11 is 0. The molecule has 3 heteroatoms. The maximum atomic E-state index is 10.0. The van der Waals surface area contributed by atoms with E-state index in [-0.39, 0.29) is 0 Å². The molecule has 1 N–H and O–H groups in total. The molecule has 1 saturated carbocycles. The van der Waals surface area contributed by atoms with Crippen molar-refractivity contribution in [3.63, 3.8) is 0 Å². The van der Waals surface area contributed by atoms with Crippen LogP contribution in [0.1, 0.15) is 56.3 Å². The maximum Gasteiger partial charge on any atom is 0.0992 e. The molecule has 0 amide bonds. The molecule has 1 aromatic rings. The number of nitrogens with zero attached hydrogens (tertiary/aromatic N) is 2. The Morgan fingerprint density at radius 1 is 1.30 bits per heavy atom. The molecule has 1 aliphatic carbocycles. The second kappa shape index (κ2) is 5.46. The van der Waals surface area contributed by atoms with Gasteiger partial charge in [0.2, 0.25) is 0 Å². The van der Waals surface area contributed by atoms with Gasteiger partial charge in [0.15, 0.2) is 0 Å². The first kappa shape index (κ1) is 13.5. The van der Waals surface area contributed by atoms with E-state index < -0.39 is 6.10 Å². The number of nitriles is 1. The van der Waals surface area contributed by atoms with Crippen LogP contribution in [0.3, 0.4) is 0 Å². The molecule has 0 radical (unpaired) electrons. The maximum absolute atomic E-state index is 10.0. The van der Waals surface area contributed by atoms with Crippen LogP contribution in [-0.2, 0) is 0 Å². The fraction of sp³-hybridized carbons (Fsp3) is 0.588. The monoisotopic (exact) mass is 270 g/mol. The highest BCUT2D eigenvalue weighted by Gasteiger charge is 2.36. The van der Waals surface area contributed by atoms with Crippen molar-refractivity contribution in [3.05, 3.63) is 29.3 Å². The van der Waals surface area contributed by atoms with E-state index in [2.05, 4.69) is 11.0 Å². The molecular formula is C17H22N2O. The third kappa shape index (κ3) is 2.29. The molecule has 2 fully saturated rings. The van der Waals surface area contributed by atoms with Gasteiger partial charge in [-0.25, -0.2) is 0 Å². The highest BCUT2D eigenvalue weighted by molar-refractivity contribution is 5.59. The van der Waals surface area contributed by atoms with Gasteiger partial charge in [0.1, 0.15) is 0 Å². The summed E-state index contributed by atoms with van der Waals surface area (Å²) < 4.78 is 0. The Kier molecular flexibility index (Phi) is 3.67. The van der Waals surface area contributed by atoms with Crippen molar-refractivity contribution < 1.29 is 5.11 Å². The van der Waals surface area contributed by atoms with Crippen LogP contribution < -0.4 is 4.90 Å². The molecule has 20 heavy (non-hydrogen) atoms. The number of aliphatic hydroxyl groups excluding tert-OH is 1. The van der Waals surface area contributed by atoms with Crippen molar-refractivity contribution in [3.8, 4) is 6.07 Å². The predicted molar refractivity (Wildman–Crippen MR) is 79.5 cm³/mol. The highest BCUT2D eigenvalue weighted by Crippen LogP contribution is 2.41. The summed E-state index contributed by atoms with van der Waals surface area (Å²) in [6, 6.07) is 8.51. The third-order valence-electron chi connectivity index (χ3n) is 4.91. The van der Waals surface area contributed by atoms with Crippen LogP contribution in [0.25, 0.3) is 0 Å². The Labute approximate surface area is 120 Å². The summed E-state index contributed by atoms with van der Waals surface area (Å²) in [5, 5.41) is 19.2. The first-order valence-electron chi connectivity index (χ1n) is 7.69. The Balaban J connectivity index is 2.01. The first-order valence-corrected chi connectivity index (χ1v) is 7.69. The van der Waals surface area contributed by atoms with Gasteiger partial charge in [0.25, 0.3) is 0 Å². The lowest BCUT2D eigenvalue weighted by atomic mass is 9.90. The summed E-state index contributed by atoms with van der Waals surface area (Å²) in [5.41, 5.74) is 2.72. The van der Waals surface area contributed by atoms with Crippen LogP contribution in [-0.4, -0.2) is 17.7 Å². The van der Waals surface area contributed by atoms with Crippen molar-refractivity contribution in [2.24, 2.45) is 5.92 Å². The average molecular weight is 270 g/mol. The van der Waals surface area contributed by atoms with Crippen molar-refractivity contribution in [1.29, 1.82) is 5.26 Å². The zero-order valence-corrected chi connectivity index (χ0v) is 12.0. The largest absolute Gasteiger partial charge is 0.389 e. The molecule has 1 aliphatic heterocycles. The molecule has 3 unspecified atom stereocenters. The van der Waals surface area contributed by atoms with Crippen molar-refractivity contribution in [2.75, 3.05) is 11.4 Å². The molecule has 0 bridgehead atoms. The van der Waals surface area contributed by atoms with Gasteiger partial charge in [0.05, 0.1) is 17.7 Å². The third-order valence-corrected chi connectivity index (χ3v) is 4.91. The van der Waals surface area contributed by atoms with Crippen LogP contribution >= 0.6 is 0 Å². The van der Waals surface area contributed by atoms with E-state index in [4.69, 9.17) is 5.26 Å². The fourth-order valence-corrected chi connectivity index (χ4v) is 3.97. The van der Waals surface area contributed by atoms with Crippen LogP contribution in [0.15, 0.2) is 18.2 Å². The number of hydrogen-bond donors (Lipinski definition) is 1. The minimum atomic E-state index is -0.487. The quantitative estimate of drug-likeness (QED) is 0.896. The molecule has 0 spiro atoms. The fourth-order valence-electron chi connectivity index (χ4n) is 3.97. The number of anilines is 1. The minimum absolute atomic E-state index is 0.487. The Morgan fingerprint density at radius 3 is 2.85 bits per heavy atom. The molecule has 2 aliphatic rings. The van der Waals surface area contributed by atoms with E-state index in [1.165, 1.54) is 32.1 Å². The Hall–Kier alpha value is -1.53. The SMILES string of the molecule is CC(O)c1ccc(C#N)cc1N1CCCC2CCCC21. The van der Waals surface area contributed by atoms with E-state index in [0.29, 0.717) is 11.6 Å². The number of fused-ring (bicyclic) bond motifs is 1. The van der Waals surface area contributed by atoms with Crippen LogP contribution in [0.5, 0.6) is 0 Å². The van der Waals surface area contributed by atoms with Gasteiger partial charge in [-0.1, -0.05) is 12.5 Å². The Bertz CT molecular complexity index is 532. The van der Waals surface area contributed by atoms with Gasteiger partial charge in [-0.05, 0) is 50.7 Å². The topological polar surface area (TPSA) is 47.3 Å². The van der Waals surface area contributed by atoms with Gasteiger partial charge in [-0.2, -0.15) is 5.26 Å². The van der Waals surface area contributed by atoms with Gasteiger partial charge >= 0.3 is 0 Å². The minimum Gasteiger partial charge on any atom is -0.389 e. The van der Waals surface area contributed by atoms with Crippen LogP contribution in [0.4, 0.5) is 5.69 Å².